The van der Waals surface area contributed by atoms with Crippen LogP contribution in [0, 0.1) is 5.92 Å². The van der Waals surface area contributed by atoms with Crippen LogP contribution < -0.4 is 5.32 Å². The highest BCUT2D eigenvalue weighted by Gasteiger charge is 2.39. The quantitative estimate of drug-likeness (QED) is 0.591. The maximum absolute atomic E-state index is 13.0. The Bertz CT molecular complexity index is 1050. The van der Waals surface area contributed by atoms with Gasteiger partial charge >= 0.3 is 12.1 Å². The molecule has 0 radical (unpaired) electrons. The van der Waals surface area contributed by atoms with E-state index in [9.17, 15) is 14.4 Å². The summed E-state index contributed by atoms with van der Waals surface area (Å²) in [6, 6.07) is 15.6. The van der Waals surface area contributed by atoms with Crippen molar-refractivity contribution in [1.29, 1.82) is 0 Å². The summed E-state index contributed by atoms with van der Waals surface area (Å²) >= 11 is 0. The number of hydrogen-bond acceptors (Lipinski definition) is 5. The van der Waals surface area contributed by atoms with E-state index in [0.717, 1.165) is 35.1 Å². The second kappa shape index (κ2) is 9.46. The summed E-state index contributed by atoms with van der Waals surface area (Å²) in [5.41, 5.74) is 4.59. The molecule has 1 saturated carbocycles. The highest BCUT2D eigenvalue weighted by atomic mass is 16.5. The van der Waals surface area contributed by atoms with E-state index in [4.69, 9.17) is 14.6 Å². The Morgan fingerprint density at radius 1 is 1.00 bits per heavy atom. The first-order valence-corrected chi connectivity index (χ1v) is 11.7. The Balaban J connectivity index is 1.18. The number of carboxylic acids is 1. The Morgan fingerprint density at radius 2 is 1.62 bits per heavy atom. The van der Waals surface area contributed by atoms with Gasteiger partial charge in [-0.3, -0.25) is 4.79 Å². The zero-order valence-electron chi connectivity index (χ0n) is 18.8. The predicted octanol–water partition coefficient (Wildman–Crippen LogP) is 3.01. The van der Waals surface area contributed by atoms with Crippen molar-refractivity contribution in [1.82, 2.24) is 10.2 Å². The number of hydrogen-bond donors (Lipinski definition) is 2. The van der Waals surface area contributed by atoms with Crippen LogP contribution in [-0.2, 0) is 19.1 Å². The molecule has 2 fully saturated rings. The number of nitrogens with one attached hydrogen (secondary N) is 1. The number of nitrogens with zero attached hydrogens (tertiary/aromatic N) is 1. The van der Waals surface area contributed by atoms with E-state index < -0.39 is 18.1 Å². The summed E-state index contributed by atoms with van der Waals surface area (Å²) in [5, 5.41) is 11.5. The third-order valence-corrected chi connectivity index (χ3v) is 6.80. The van der Waals surface area contributed by atoms with Gasteiger partial charge in [-0.1, -0.05) is 61.4 Å². The number of alkyl carbamates (subject to hydrolysis) is 1. The Hall–Kier alpha value is -3.39. The van der Waals surface area contributed by atoms with Crippen LogP contribution in [0.4, 0.5) is 4.79 Å². The molecule has 1 unspecified atom stereocenters. The maximum atomic E-state index is 13.0. The van der Waals surface area contributed by atoms with Gasteiger partial charge in [0.1, 0.15) is 19.3 Å². The molecule has 1 atom stereocenters. The van der Waals surface area contributed by atoms with Gasteiger partial charge in [-0.15, -0.1) is 0 Å². The van der Waals surface area contributed by atoms with Gasteiger partial charge in [-0.25, -0.2) is 9.59 Å². The van der Waals surface area contributed by atoms with Crippen LogP contribution in [-0.4, -0.2) is 66.4 Å². The molecule has 2 aliphatic carbocycles. The Labute approximate surface area is 197 Å². The van der Waals surface area contributed by atoms with Crippen LogP contribution in [0.1, 0.15) is 36.3 Å². The number of carbonyl (C=O) groups excluding carboxylic acids is 2. The number of likely N-dealkylation sites (tertiary alicyclic amines) is 1. The molecule has 1 saturated heterocycles. The summed E-state index contributed by atoms with van der Waals surface area (Å²) in [7, 11) is 0. The minimum absolute atomic E-state index is 0.0433. The highest BCUT2D eigenvalue weighted by Crippen LogP contribution is 2.44. The normalized spacial score (nSPS) is 17.9. The van der Waals surface area contributed by atoms with Gasteiger partial charge in [0, 0.05) is 19.0 Å². The third kappa shape index (κ3) is 4.77. The second-order valence-electron chi connectivity index (χ2n) is 9.27. The molecule has 8 nitrogen and oxygen atoms in total. The zero-order chi connectivity index (χ0) is 23.7. The minimum Gasteiger partial charge on any atom is -0.480 e. The van der Waals surface area contributed by atoms with Crippen LogP contribution in [0.5, 0.6) is 0 Å². The molecule has 2 amide bonds. The summed E-state index contributed by atoms with van der Waals surface area (Å²) in [5.74, 6) is -0.815. The van der Waals surface area contributed by atoms with Crippen LogP contribution in [0.2, 0.25) is 0 Å². The molecule has 0 spiro atoms. The SMILES string of the molecule is O=C(O)COC1CN(C(=O)C(CC2CC2)NC(=O)OCC2c3ccccc3-c3ccccc32)C1. The zero-order valence-corrected chi connectivity index (χ0v) is 18.8. The van der Waals surface area contributed by atoms with E-state index in [0.29, 0.717) is 25.4 Å². The van der Waals surface area contributed by atoms with Crippen LogP contribution in [0.3, 0.4) is 0 Å². The molecule has 34 heavy (non-hydrogen) atoms. The van der Waals surface area contributed by atoms with E-state index in [1.165, 1.54) is 0 Å². The average Bonchev–Trinajstić information content (AvgIpc) is 3.56. The second-order valence-corrected chi connectivity index (χ2v) is 9.27. The number of ether oxygens (including phenoxy) is 2. The summed E-state index contributed by atoms with van der Waals surface area (Å²) in [4.78, 5) is 37.9. The number of aliphatic carboxylic acids is 1. The first-order valence-electron chi connectivity index (χ1n) is 11.7. The first-order chi connectivity index (χ1) is 16.5. The van der Waals surface area contributed by atoms with Gasteiger partial charge in [0.25, 0.3) is 0 Å². The van der Waals surface area contributed by atoms with Gasteiger partial charge in [-0.2, -0.15) is 0 Å². The van der Waals surface area contributed by atoms with Crippen molar-refractivity contribution in [3.63, 3.8) is 0 Å². The van der Waals surface area contributed by atoms with Gasteiger partial charge in [0.05, 0.1) is 6.10 Å². The van der Waals surface area contributed by atoms with E-state index >= 15 is 0 Å². The van der Waals surface area contributed by atoms with Crippen LogP contribution in [0.15, 0.2) is 48.5 Å². The van der Waals surface area contributed by atoms with Crippen molar-refractivity contribution < 1.29 is 29.0 Å². The van der Waals surface area contributed by atoms with E-state index in [1.807, 2.05) is 24.3 Å². The molecule has 2 aromatic carbocycles. The Kier molecular flexibility index (Phi) is 6.24. The molecule has 178 valence electrons. The van der Waals surface area contributed by atoms with Crippen LogP contribution >= 0.6 is 0 Å². The minimum atomic E-state index is -1.03. The molecule has 0 bridgehead atoms. The monoisotopic (exact) mass is 464 g/mol. The lowest BCUT2D eigenvalue weighted by Crippen LogP contribution is -2.60. The lowest BCUT2D eigenvalue weighted by Gasteiger charge is -2.40. The van der Waals surface area contributed by atoms with E-state index in [-0.39, 0.29) is 31.1 Å². The molecule has 0 aromatic heterocycles. The van der Waals surface area contributed by atoms with Crippen LogP contribution in [0.25, 0.3) is 11.1 Å². The maximum Gasteiger partial charge on any atom is 0.407 e. The van der Waals surface area contributed by atoms with E-state index in [1.54, 1.807) is 4.90 Å². The number of carbonyl (C=O) groups is 3. The Morgan fingerprint density at radius 3 is 2.21 bits per heavy atom. The predicted molar refractivity (Wildman–Crippen MR) is 123 cm³/mol. The number of benzene rings is 2. The molecule has 1 heterocycles. The largest absolute Gasteiger partial charge is 0.480 e. The summed E-state index contributed by atoms with van der Waals surface area (Å²) < 4.78 is 10.9. The molecular formula is C26H28N2O6. The molecule has 2 N–H and O–H groups in total. The van der Waals surface area contributed by atoms with Crippen molar-refractivity contribution in [3.8, 4) is 11.1 Å². The van der Waals surface area contributed by atoms with Gasteiger partial charge in [-0.05, 0) is 34.6 Å². The highest BCUT2D eigenvalue weighted by molar-refractivity contribution is 5.86. The molecule has 2 aromatic rings. The van der Waals surface area contributed by atoms with Gasteiger partial charge < -0.3 is 24.8 Å². The number of fused-ring (bicyclic) bond motifs is 3. The molecule has 8 heteroatoms. The number of rotatable bonds is 9. The topological polar surface area (TPSA) is 105 Å². The van der Waals surface area contributed by atoms with Gasteiger partial charge in [0.2, 0.25) is 5.91 Å². The number of carboxylic acid groups (broad SMARTS) is 1. The smallest absolute Gasteiger partial charge is 0.407 e. The van der Waals surface area contributed by atoms with Crippen molar-refractivity contribution in [2.24, 2.45) is 5.92 Å². The summed E-state index contributed by atoms with van der Waals surface area (Å²) in [6.07, 6.45) is 1.82. The fourth-order valence-electron chi connectivity index (χ4n) is 4.82. The summed E-state index contributed by atoms with van der Waals surface area (Å²) in [6.45, 7) is 0.481. The standard InChI is InChI=1S/C26H28N2O6/c29-24(30)15-33-17-12-28(13-17)25(31)23(11-16-9-10-16)27-26(32)34-14-22-20-7-3-1-5-18(20)19-6-2-4-8-21(19)22/h1-8,16-17,22-23H,9-15H2,(H,27,32)(H,29,30). The lowest BCUT2D eigenvalue weighted by molar-refractivity contribution is -0.155. The lowest BCUT2D eigenvalue weighted by atomic mass is 9.98. The number of amides is 2. The van der Waals surface area contributed by atoms with Gasteiger partial charge in [0.15, 0.2) is 0 Å². The molecule has 5 rings (SSSR count). The van der Waals surface area contributed by atoms with E-state index in [2.05, 4.69) is 29.6 Å². The van der Waals surface area contributed by atoms with Crippen molar-refractivity contribution >= 4 is 18.0 Å². The van der Waals surface area contributed by atoms with Crippen molar-refractivity contribution in [3.05, 3.63) is 59.7 Å². The van der Waals surface area contributed by atoms with Crippen molar-refractivity contribution in [2.75, 3.05) is 26.3 Å². The molecular weight excluding hydrogens is 436 g/mol. The fraction of sp³-hybridized carbons (Fsp3) is 0.423. The fourth-order valence-corrected chi connectivity index (χ4v) is 4.82. The molecule has 3 aliphatic rings. The average molecular weight is 465 g/mol. The molecule has 1 aliphatic heterocycles. The third-order valence-electron chi connectivity index (χ3n) is 6.80. The van der Waals surface area contributed by atoms with Crippen molar-refractivity contribution in [2.45, 2.75) is 37.3 Å². The first kappa shape index (κ1) is 22.4.